The maximum Gasteiger partial charge on any atom is 1.00 e. The van der Waals surface area contributed by atoms with Gasteiger partial charge in [0, 0.05) is 26.2 Å². The summed E-state index contributed by atoms with van der Waals surface area (Å²) in [6, 6.07) is 0. The third kappa shape index (κ3) is 5.26. The zero-order valence-corrected chi connectivity index (χ0v) is 5.83. The van der Waals surface area contributed by atoms with E-state index in [-0.39, 0.29) is 40.6 Å². The summed E-state index contributed by atoms with van der Waals surface area (Å²) in [5.74, 6) is 0. The molecule has 1 heterocycles. The number of rotatable bonds is 0. The van der Waals surface area contributed by atoms with Gasteiger partial charge < -0.3 is 13.5 Å². The molecular formula is C4H12Li2N2. The van der Waals surface area contributed by atoms with Gasteiger partial charge in [0.15, 0.2) is 0 Å². The van der Waals surface area contributed by atoms with Crippen LogP contribution in [0.3, 0.4) is 0 Å². The molecule has 0 aromatic rings. The van der Waals surface area contributed by atoms with Gasteiger partial charge in [0.05, 0.1) is 0 Å². The van der Waals surface area contributed by atoms with Crippen molar-refractivity contribution < 1.29 is 40.6 Å². The van der Waals surface area contributed by atoms with Crippen LogP contribution in [-0.4, -0.2) is 26.2 Å². The molecule has 1 fully saturated rings. The number of piperazine rings is 1. The minimum Gasteiger partial charge on any atom is -1.00 e. The Morgan fingerprint density at radius 2 is 1.00 bits per heavy atom. The maximum atomic E-state index is 3.22. The molecule has 8 heavy (non-hydrogen) atoms. The van der Waals surface area contributed by atoms with Crippen molar-refractivity contribution in [3.63, 3.8) is 0 Å². The smallest absolute Gasteiger partial charge is 1.00 e. The fraction of sp³-hybridized carbons (Fsp3) is 1.00. The van der Waals surface area contributed by atoms with Crippen LogP contribution in [0, 0.1) is 0 Å². The second-order valence-corrected chi connectivity index (χ2v) is 1.50. The zero-order chi connectivity index (χ0) is 4.24. The van der Waals surface area contributed by atoms with Gasteiger partial charge in [-0.15, -0.1) is 0 Å². The predicted octanol–water partition coefficient (Wildman–Crippen LogP) is -6.59. The molecule has 0 aromatic carbocycles. The largest absolute Gasteiger partial charge is 1.00 e. The van der Waals surface area contributed by atoms with E-state index in [0.717, 1.165) is 26.2 Å². The summed E-state index contributed by atoms with van der Waals surface area (Å²) in [4.78, 5) is 0. The van der Waals surface area contributed by atoms with Crippen LogP contribution in [0.4, 0.5) is 0 Å². The molecule has 0 radical (unpaired) electrons. The van der Waals surface area contributed by atoms with Gasteiger partial charge in [-0.25, -0.2) is 0 Å². The molecule has 2 N–H and O–H groups in total. The van der Waals surface area contributed by atoms with Crippen molar-refractivity contribution in [3.05, 3.63) is 0 Å². The van der Waals surface area contributed by atoms with Crippen molar-refractivity contribution in [2.24, 2.45) is 0 Å². The van der Waals surface area contributed by atoms with Gasteiger partial charge >= 0.3 is 37.7 Å². The van der Waals surface area contributed by atoms with Crippen LogP contribution < -0.4 is 48.4 Å². The van der Waals surface area contributed by atoms with E-state index in [1.54, 1.807) is 0 Å². The Labute approximate surface area is 77.5 Å². The first-order chi connectivity index (χ1) is 3.00. The van der Waals surface area contributed by atoms with Gasteiger partial charge in [0.1, 0.15) is 0 Å². The van der Waals surface area contributed by atoms with Gasteiger partial charge in [-0.1, -0.05) is 0 Å². The summed E-state index contributed by atoms with van der Waals surface area (Å²) in [6.07, 6.45) is 0. The first-order valence-corrected chi connectivity index (χ1v) is 2.41. The second-order valence-electron chi connectivity index (χ2n) is 1.50. The Balaban J connectivity index is -0.0000000450. The summed E-state index contributed by atoms with van der Waals surface area (Å²) in [6.45, 7) is 4.56. The number of hydrogen-bond acceptors (Lipinski definition) is 2. The van der Waals surface area contributed by atoms with Crippen molar-refractivity contribution in [3.8, 4) is 0 Å². The standard InChI is InChI=1S/C4H10N2.2Li.2H/c1-2-6-4-3-5-1;;;;/h5-6H,1-4H2;;;;/q;2*+1;2*-1. The topological polar surface area (TPSA) is 24.1 Å². The van der Waals surface area contributed by atoms with Crippen molar-refractivity contribution in [1.82, 2.24) is 10.6 Å². The monoisotopic (exact) mass is 102 g/mol. The fourth-order valence-corrected chi connectivity index (χ4v) is 0.604. The molecule has 0 aliphatic carbocycles. The van der Waals surface area contributed by atoms with Crippen LogP contribution in [0.5, 0.6) is 0 Å². The molecule has 0 spiro atoms. The average molecular weight is 102 g/mol. The minimum absolute atomic E-state index is 0. The van der Waals surface area contributed by atoms with E-state index in [0.29, 0.717) is 0 Å². The summed E-state index contributed by atoms with van der Waals surface area (Å²) < 4.78 is 0. The average Bonchev–Trinajstić information content (AvgIpc) is 1.72. The van der Waals surface area contributed by atoms with E-state index >= 15 is 0 Å². The van der Waals surface area contributed by atoms with Gasteiger partial charge in [0.25, 0.3) is 0 Å². The Bertz CT molecular complexity index is 34.7. The summed E-state index contributed by atoms with van der Waals surface area (Å²) in [7, 11) is 0. The number of nitrogens with one attached hydrogen (secondary N) is 2. The molecular weight excluding hydrogens is 89.9 g/mol. The molecule has 40 valence electrons. The third-order valence-electron chi connectivity index (χ3n) is 0.957. The van der Waals surface area contributed by atoms with Crippen molar-refractivity contribution in [2.45, 2.75) is 0 Å². The summed E-state index contributed by atoms with van der Waals surface area (Å²) >= 11 is 0. The van der Waals surface area contributed by atoms with E-state index in [1.165, 1.54) is 0 Å². The molecule has 0 atom stereocenters. The van der Waals surface area contributed by atoms with E-state index in [2.05, 4.69) is 10.6 Å². The van der Waals surface area contributed by atoms with Crippen molar-refractivity contribution in [1.29, 1.82) is 0 Å². The molecule has 1 aliphatic heterocycles. The quantitative estimate of drug-likeness (QED) is 0.297. The third-order valence-corrected chi connectivity index (χ3v) is 0.957. The molecule has 0 aromatic heterocycles. The van der Waals surface area contributed by atoms with E-state index in [9.17, 15) is 0 Å². The van der Waals surface area contributed by atoms with Crippen molar-refractivity contribution >= 4 is 0 Å². The fourth-order valence-electron chi connectivity index (χ4n) is 0.604. The van der Waals surface area contributed by atoms with Crippen LogP contribution in [0.2, 0.25) is 0 Å². The Morgan fingerprint density at radius 3 is 1.12 bits per heavy atom. The van der Waals surface area contributed by atoms with Crippen LogP contribution >= 0.6 is 0 Å². The van der Waals surface area contributed by atoms with Crippen molar-refractivity contribution in [2.75, 3.05) is 26.2 Å². The van der Waals surface area contributed by atoms with E-state index < -0.39 is 0 Å². The molecule has 0 amide bonds. The molecule has 1 rings (SSSR count). The van der Waals surface area contributed by atoms with Gasteiger partial charge in [-0.05, 0) is 0 Å². The SMILES string of the molecule is C1CNCCN1.[H-].[H-].[Li+].[Li+]. The van der Waals surface area contributed by atoms with Gasteiger partial charge in [-0.2, -0.15) is 0 Å². The first kappa shape index (κ1) is 11.9. The Morgan fingerprint density at radius 1 is 0.750 bits per heavy atom. The van der Waals surface area contributed by atoms with E-state index in [4.69, 9.17) is 0 Å². The van der Waals surface area contributed by atoms with Crippen LogP contribution in [0.1, 0.15) is 2.85 Å². The van der Waals surface area contributed by atoms with Gasteiger partial charge in [-0.3, -0.25) is 0 Å². The molecule has 2 nitrogen and oxygen atoms in total. The molecule has 4 heteroatoms. The maximum absolute atomic E-state index is 3.22. The predicted molar refractivity (Wildman–Crippen MR) is 28.0 cm³/mol. The molecule has 1 aliphatic rings. The van der Waals surface area contributed by atoms with Crippen LogP contribution in [0.15, 0.2) is 0 Å². The Hall–Kier alpha value is 1.11. The normalized spacial score (nSPS) is 18.0. The van der Waals surface area contributed by atoms with Crippen LogP contribution in [0.25, 0.3) is 0 Å². The minimum atomic E-state index is 0. The summed E-state index contributed by atoms with van der Waals surface area (Å²) in [5, 5.41) is 6.44. The zero-order valence-electron chi connectivity index (χ0n) is 7.83. The second kappa shape index (κ2) is 8.11. The molecule has 1 saturated heterocycles. The molecule has 0 saturated carbocycles. The molecule has 0 unspecified atom stereocenters. The van der Waals surface area contributed by atoms with Crippen LogP contribution in [-0.2, 0) is 0 Å². The first-order valence-electron chi connectivity index (χ1n) is 2.41. The Kier molecular flexibility index (Phi) is 12.0. The van der Waals surface area contributed by atoms with E-state index in [1.807, 2.05) is 0 Å². The molecule has 0 bridgehead atoms. The summed E-state index contributed by atoms with van der Waals surface area (Å²) in [5.41, 5.74) is 0. The van der Waals surface area contributed by atoms with Gasteiger partial charge in [0.2, 0.25) is 0 Å². The number of hydrogen-bond donors (Lipinski definition) is 2.